The highest BCUT2D eigenvalue weighted by atomic mass is 16.4. The Hall–Kier alpha value is -2.64. The second-order valence-electron chi connectivity index (χ2n) is 6.71. The molecule has 2 aromatic rings. The van der Waals surface area contributed by atoms with E-state index in [9.17, 15) is 4.79 Å². The molecule has 1 aliphatic heterocycles. The zero-order chi connectivity index (χ0) is 18.4. The van der Waals surface area contributed by atoms with Crippen LogP contribution in [-0.4, -0.2) is 38.5 Å². The fourth-order valence-electron chi connectivity index (χ4n) is 3.32. The summed E-state index contributed by atoms with van der Waals surface area (Å²) in [4.78, 5) is 10.6. The Morgan fingerprint density at radius 1 is 1.35 bits per heavy atom. The van der Waals surface area contributed by atoms with E-state index in [1.165, 1.54) is 38.5 Å². The van der Waals surface area contributed by atoms with Gasteiger partial charge in [-0.1, -0.05) is 25.3 Å². The van der Waals surface area contributed by atoms with E-state index in [1.807, 2.05) is 13.2 Å². The zero-order valence-electron chi connectivity index (χ0n) is 15.1. The number of amides is 1. The van der Waals surface area contributed by atoms with Crippen molar-refractivity contribution in [3.63, 3.8) is 0 Å². The number of aromatic nitrogens is 4. The van der Waals surface area contributed by atoms with Crippen LogP contribution in [0.25, 0.3) is 11.5 Å². The van der Waals surface area contributed by atoms with Crippen molar-refractivity contribution in [3.8, 4) is 11.5 Å². The third-order valence-corrected chi connectivity index (χ3v) is 4.74. The molecule has 0 unspecified atom stereocenters. The molecule has 3 heterocycles. The molecule has 2 aromatic heterocycles. The molecule has 140 valence electrons. The van der Waals surface area contributed by atoms with Crippen molar-refractivity contribution in [2.75, 3.05) is 11.9 Å². The standard InChI is InChI=1S/C12H17N5O.C6H9NO/c1-17-7-10(12-15-13-8-18-12)11(16-17)14-9-5-3-2-4-6-9;1-2-5-3-4-7-6(5)8/h7-9H,2-6H2,1H3,(H,14,16);2,5H,1,3-4H2,(H,7,8)/t;5-/m.0/s1. The number of hydrogen-bond donors (Lipinski definition) is 2. The van der Waals surface area contributed by atoms with Crippen LogP contribution in [0.15, 0.2) is 29.7 Å². The SMILES string of the molecule is C=C[C@H]1CCNC1=O.Cn1cc(-c2nnco2)c(NC2CCCCC2)n1. The van der Waals surface area contributed by atoms with Gasteiger partial charge in [-0.05, 0) is 19.3 Å². The number of carbonyl (C=O) groups excluding carboxylic acids is 1. The first-order chi connectivity index (χ1) is 12.7. The van der Waals surface area contributed by atoms with Gasteiger partial charge < -0.3 is 15.1 Å². The lowest BCUT2D eigenvalue weighted by atomic mass is 9.95. The molecule has 2 fully saturated rings. The lowest BCUT2D eigenvalue weighted by Gasteiger charge is -2.22. The van der Waals surface area contributed by atoms with E-state index < -0.39 is 0 Å². The van der Waals surface area contributed by atoms with Gasteiger partial charge in [-0.2, -0.15) is 5.10 Å². The second-order valence-corrected chi connectivity index (χ2v) is 6.71. The third kappa shape index (κ3) is 4.50. The number of nitrogens with one attached hydrogen (secondary N) is 2. The van der Waals surface area contributed by atoms with Gasteiger partial charge in [0.15, 0.2) is 5.82 Å². The van der Waals surface area contributed by atoms with Gasteiger partial charge in [0.2, 0.25) is 12.3 Å². The smallest absolute Gasteiger partial charge is 0.252 e. The molecule has 0 spiro atoms. The Labute approximate surface area is 153 Å². The summed E-state index contributed by atoms with van der Waals surface area (Å²) in [5.41, 5.74) is 0.876. The first kappa shape index (κ1) is 18.2. The molecule has 2 aliphatic rings. The van der Waals surface area contributed by atoms with Crippen LogP contribution in [0.1, 0.15) is 38.5 Å². The largest absolute Gasteiger partial charge is 0.423 e. The topological polar surface area (TPSA) is 97.9 Å². The highest BCUT2D eigenvalue weighted by Crippen LogP contribution is 2.28. The Kier molecular flexibility index (Phi) is 6.04. The highest BCUT2D eigenvalue weighted by molar-refractivity contribution is 5.82. The molecule has 1 saturated heterocycles. The number of aryl methyl sites for hydroxylation is 1. The summed E-state index contributed by atoms with van der Waals surface area (Å²) in [5.74, 6) is 1.56. The molecule has 26 heavy (non-hydrogen) atoms. The first-order valence-electron chi connectivity index (χ1n) is 9.14. The van der Waals surface area contributed by atoms with Gasteiger partial charge in [0.05, 0.1) is 5.92 Å². The van der Waals surface area contributed by atoms with Gasteiger partial charge in [0.1, 0.15) is 5.56 Å². The quantitative estimate of drug-likeness (QED) is 0.815. The second kappa shape index (κ2) is 8.64. The van der Waals surface area contributed by atoms with Crippen LogP contribution >= 0.6 is 0 Å². The van der Waals surface area contributed by atoms with E-state index >= 15 is 0 Å². The van der Waals surface area contributed by atoms with Crippen molar-refractivity contribution < 1.29 is 9.21 Å². The maximum atomic E-state index is 10.6. The molecule has 1 amide bonds. The van der Waals surface area contributed by atoms with Crippen LogP contribution in [0.4, 0.5) is 5.82 Å². The maximum absolute atomic E-state index is 10.6. The van der Waals surface area contributed by atoms with Gasteiger partial charge >= 0.3 is 0 Å². The molecule has 0 aromatic carbocycles. The van der Waals surface area contributed by atoms with Crippen molar-refractivity contribution in [3.05, 3.63) is 25.2 Å². The minimum Gasteiger partial charge on any atom is -0.423 e. The molecular weight excluding hydrogens is 332 g/mol. The fourth-order valence-corrected chi connectivity index (χ4v) is 3.32. The summed E-state index contributed by atoms with van der Waals surface area (Å²) in [7, 11) is 1.89. The van der Waals surface area contributed by atoms with Crippen molar-refractivity contribution in [2.45, 2.75) is 44.6 Å². The summed E-state index contributed by atoms with van der Waals surface area (Å²) in [6.07, 6.45) is 12.2. The Morgan fingerprint density at radius 2 is 2.15 bits per heavy atom. The van der Waals surface area contributed by atoms with E-state index in [-0.39, 0.29) is 11.8 Å². The highest BCUT2D eigenvalue weighted by Gasteiger charge is 2.20. The van der Waals surface area contributed by atoms with Crippen molar-refractivity contribution in [2.24, 2.45) is 13.0 Å². The van der Waals surface area contributed by atoms with Crippen molar-refractivity contribution in [1.29, 1.82) is 0 Å². The molecule has 1 saturated carbocycles. The van der Waals surface area contributed by atoms with E-state index in [1.54, 1.807) is 10.8 Å². The van der Waals surface area contributed by atoms with Crippen LogP contribution in [0.3, 0.4) is 0 Å². The molecule has 2 N–H and O–H groups in total. The normalized spacial score (nSPS) is 20.2. The summed E-state index contributed by atoms with van der Waals surface area (Å²) < 4.78 is 7.02. The summed E-state index contributed by atoms with van der Waals surface area (Å²) in [6, 6.07) is 0.510. The lowest BCUT2D eigenvalue weighted by molar-refractivity contribution is -0.121. The average molecular weight is 358 g/mol. The van der Waals surface area contributed by atoms with Crippen LogP contribution in [0, 0.1) is 5.92 Å². The zero-order valence-corrected chi connectivity index (χ0v) is 15.1. The molecule has 8 heteroatoms. The van der Waals surface area contributed by atoms with Gasteiger partial charge in [-0.25, -0.2) is 0 Å². The molecule has 0 radical (unpaired) electrons. The molecule has 8 nitrogen and oxygen atoms in total. The van der Waals surface area contributed by atoms with Crippen LogP contribution in [0.2, 0.25) is 0 Å². The van der Waals surface area contributed by atoms with Gasteiger partial charge in [0.25, 0.3) is 5.89 Å². The lowest BCUT2D eigenvalue weighted by Crippen LogP contribution is -2.22. The molecule has 0 bridgehead atoms. The van der Waals surface area contributed by atoms with E-state index in [2.05, 4.69) is 32.5 Å². The minimum atomic E-state index is 0.0787. The van der Waals surface area contributed by atoms with Crippen molar-refractivity contribution >= 4 is 11.7 Å². The van der Waals surface area contributed by atoms with E-state index in [4.69, 9.17) is 4.42 Å². The molecule has 1 aliphatic carbocycles. The minimum absolute atomic E-state index is 0.0787. The molecular formula is C18H26N6O2. The van der Waals surface area contributed by atoms with Crippen LogP contribution in [0.5, 0.6) is 0 Å². The Morgan fingerprint density at radius 3 is 2.73 bits per heavy atom. The van der Waals surface area contributed by atoms with Gasteiger partial charge in [0, 0.05) is 25.8 Å². The third-order valence-electron chi connectivity index (χ3n) is 4.74. The summed E-state index contributed by atoms with van der Waals surface area (Å²) in [6.45, 7) is 4.35. The fraction of sp³-hybridized carbons (Fsp3) is 0.556. The number of anilines is 1. The number of rotatable bonds is 4. The average Bonchev–Trinajstić information content (AvgIpc) is 3.38. The van der Waals surface area contributed by atoms with Crippen molar-refractivity contribution in [1.82, 2.24) is 25.3 Å². The summed E-state index contributed by atoms with van der Waals surface area (Å²) >= 11 is 0. The van der Waals surface area contributed by atoms with E-state index in [0.717, 1.165) is 24.3 Å². The Balaban J connectivity index is 0.000000206. The van der Waals surface area contributed by atoms with Crippen LogP contribution < -0.4 is 10.6 Å². The predicted molar refractivity (Wildman–Crippen MR) is 98.3 cm³/mol. The number of carbonyl (C=O) groups is 1. The molecule has 4 rings (SSSR count). The first-order valence-corrected chi connectivity index (χ1v) is 9.14. The number of nitrogens with zero attached hydrogens (tertiary/aromatic N) is 4. The number of hydrogen-bond acceptors (Lipinski definition) is 6. The molecule has 1 atom stereocenters. The van der Waals surface area contributed by atoms with Gasteiger partial charge in [-0.15, -0.1) is 16.8 Å². The van der Waals surface area contributed by atoms with E-state index in [0.29, 0.717) is 11.9 Å². The van der Waals surface area contributed by atoms with Crippen LogP contribution in [-0.2, 0) is 11.8 Å². The summed E-state index contributed by atoms with van der Waals surface area (Å²) in [5, 5.41) is 18.3. The monoisotopic (exact) mass is 358 g/mol. The predicted octanol–water partition coefficient (Wildman–Crippen LogP) is 2.52. The maximum Gasteiger partial charge on any atom is 0.252 e. The van der Waals surface area contributed by atoms with Gasteiger partial charge in [-0.3, -0.25) is 9.48 Å². The Bertz CT molecular complexity index is 718.